The molecule has 8 heteroatoms. The molecule has 1 N–H and O–H groups in total. The smallest absolute Gasteiger partial charge is 0.319 e. The van der Waals surface area contributed by atoms with Crippen molar-refractivity contribution in [3.05, 3.63) is 55.9 Å². The zero-order valence-electron chi connectivity index (χ0n) is 11.9. The van der Waals surface area contributed by atoms with E-state index < -0.39 is 23.3 Å². The monoisotopic (exact) mass is 372 g/mol. The quantitative estimate of drug-likeness (QED) is 0.822. The van der Waals surface area contributed by atoms with Gasteiger partial charge in [0.25, 0.3) is 5.91 Å². The van der Waals surface area contributed by atoms with Crippen molar-refractivity contribution >= 4 is 46.5 Å². The van der Waals surface area contributed by atoms with Crippen molar-refractivity contribution in [3.8, 4) is 0 Å². The summed E-state index contributed by atoms with van der Waals surface area (Å²) >= 11 is 13.2. The van der Waals surface area contributed by atoms with Gasteiger partial charge in [-0.15, -0.1) is 11.3 Å². The van der Waals surface area contributed by atoms with Gasteiger partial charge in [-0.25, -0.2) is 9.18 Å². The molecule has 1 unspecified atom stereocenters. The van der Waals surface area contributed by atoms with E-state index in [-0.39, 0.29) is 11.6 Å². The van der Waals surface area contributed by atoms with Crippen LogP contribution in [0.2, 0.25) is 9.36 Å². The standard InChI is InChI=1S/C15H11Cl2FN2O2S/c1-15(10-4-2-8(18)6-11(10)16)13(21)20(14(22)19-15)7-9-3-5-12(17)23-9/h2-6H,7H2,1H3,(H,19,22). The largest absolute Gasteiger partial charge is 0.325 e. The van der Waals surface area contributed by atoms with Crippen LogP contribution in [-0.4, -0.2) is 16.8 Å². The number of halogens is 3. The molecule has 2 heterocycles. The molecular weight excluding hydrogens is 362 g/mol. The summed E-state index contributed by atoms with van der Waals surface area (Å²) in [6.45, 7) is 1.67. The van der Waals surface area contributed by atoms with Gasteiger partial charge in [0.1, 0.15) is 11.4 Å². The molecule has 1 aromatic carbocycles. The van der Waals surface area contributed by atoms with Gasteiger partial charge < -0.3 is 5.32 Å². The summed E-state index contributed by atoms with van der Waals surface area (Å²) in [6.07, 6.45) is 0. The minimum atomic E-state index is -1.33. The molecule has 1 atom stereocenters. The molecule has 3 rings (SSSR count). The first-order valence-corrected chi connectivity index (χ1v) is 8.22. The van der Waals surface area contributed by atoms with Crippen molar-refractivity contribution in [3.63, 3.8) is 0 Å². The van der Waals surface area contributed by atoms with E-state index in [2.05, 4.69) is 5.32 Å². The van der Waals surface area contributed by atoms with E-state index in [1.165, 1.54) is 23.5 Å². The predicted molar refractivity (Wildman–Crippen MR) is 87.2 cm³/mol. The van der Waals surface area contributed by atoms with Crippen LogP contribution in [0, 0.1) is 5.82 Å². The highest BCUT2D eigenvalue weighted by Crippen LogP contribution is 2.35. The maximum absolute atomic E-state index is 13.2. The van der Waals surface area contributed by atoms with Gasteiger partial charge in [0, 0.05) is 15.5 Å². The van der Waals surface area contributed by atoms with Crippen LogP contribution in [0.15, 0.2) is 30.3 Å². The molecule has 0 radical (unpaired) electrons. The number of hydrogen-bond acceptors (Lipinski definition) is 3. The molecule has 0 spiro atoms. The van der Waals surface area contributed by atoms with Crippen molar-refractivity contribution < 1.29 is 14.0 Å². The van der Waals surface area contributed by atoms with Gasteiger partial charge in [0.05, 0.1) is 10.9 Å². The van der Waals surface area contributed by atoms with E-state index in [0.717, 1.165) is 15.8 Å². The zero-order valence-corrected chi connectivity index (χ0v) is 14.2. The first kappa shape index (κ1) is 16.2. The molecule has 4 nitrogen and oxygen atoms in total. The van der Waals surface area contributed by atoms with Crippen LogP contribution >= 0.6 is 34.5 Å². The molecule has 120 valence electrons. The number of rotatable bonds is 3. The number of benzene rings is 1. The molecular formula is C15H11Cl2FN2O2S. The van der Waals surface area contributed by atoms with Gasteiger partial charge in [0.2, 0.25) is 0 Å². The van der Waals surface area contributed by atoms with Gasteiger partial charge in [-0.05, 0) is 31.2 Å². The molecule has 1 fully saturated rings. The SMILES string of the molecule is CC1(c2ccc(F)cc2Cl)NC(=O)N(Cc2ccc(Cl)s2)C1=O. The van der Waals surface area contributed by atoms with E-state index in [1.807, 2.05) is 0 Å². The Labute approximate surface area is 145 Å². The van der Waals surface area contributed by atoms with Crippen molar-refractivity contribution in [1.29, 1.82) is 0 Å². The van der Waals surface area contributed by atoms with Gasteiger partial charge >= 0.3 is 6.03 Å². The van der Waals surface area contributed by atoms with E-state index in [1.54, 1.807) is 19.1 Å². The van der Waals surface area contributed by atoms with Gasteiger partial charge in [-0.1, -0.05) is 29.3 Å². The maximum atomic E-state index is 13.2. The Morgan fingerprint density at radius 3 is 2.61 bits per heavy atom. The normalized spacial score (nSPS) is 21.0. The first-order chi connectivity index (χ1) is 10.8. The van der Waals surface area contributed by atoms with Crippen molar-refractivity contribution in [2.45, 2.75) is 19.0 Å². The number of thiophene rings is 1. The van der Waals surface area contributed by atoms with Crippen LogP contribution in [0.1, 0.15) is 17.4 Å². The number of hydrogen-bond donors (Lipinski definition) is 1. The Bertz CT molecular complexity index is 811. The van der Waals surface area contributed by atoms with E-state index in [4.69, 9.17) is 23.2 Å². The zero-order chi connectivity index (χ0) is 16.8. The highest BCUT2D eigenvalue weighted by molar-refractivity contribution is 7.16. The van der Waals surface area contributed by atoms with E-state index in [9.17, 15) is 14.0 Å². The second-order valence-electron chi connectivity index (χ2n) is 5.28. The van der Waals surface area contributed by atoms with Crippen LogP contribution in [-0.2, 0) is 16.9 Å². The van der Waals surface area contributed by atoms with Gasteiger partial charge in [-0.2, -0.15) is 0 Å². The average molecular weight is 373 g/mol. The maximum Gasteiger partial charge on any atom is 0.325 e. The minimum absolute atomic E-state index is 0.0853. The lowest BCUT2D eigenvalue weighted by Crippen LogP contribution is -2.41. The summed E-state index contributed by atoms with van der Waals surface area (Å²) in [7, 11) is 0. The van der Waals surface area contributed by atoms with Gasteiger partial charge in [-0.3, -0.25) is 9.69 Å². The van der Waals surface area contributed by atoms with Crippen molar-refractivity contribution in [1.82, 2.24) is 10.2 Å². The van der Waals surface area contributed by atoms with Crippen LogP contribution in [0.25, 0.3) is 0 Å². The minimum Gasteiger partial charge on any atom is -0.319 e. The third-order valence-corrected chi connectivity index (χ3v) is 5.22. The molecule has 1 aliphatic rings. The molecule has 2 aromatic rings. The number of imide groups is 1. The predicted octanol–water partition coefficient (Wildman–Crippen LogP) is 4.16. The summed E-state index contributed by atoms with van der Waals surface area (Å²) in [5.74, 6) is -0.954. The lowest BCUT2D eigenvalue weighted by molar-refractivity contribution is -0.131. The topological polar surface area (TPSA) is 49.4 Å². The Balaban J connectivity index is 1.93. The summed E-state index contributed by atoms with van der Waals surface area (Å²) < 4.78 is 13.8. The van der Waals surface area contributed by atoms with Gasteiger partial charge in [0.15, 0.2) is 0 Å². The van der Waals surface area contributed by atoms with Crippen LogP contribution < -0.4 is 5.32 Å². The molecule has 1 aromatic heterocycles. The number of urea groups is 1. The number of carbonyl (C=O) groups is 2. The van der Waals surface area contributed by atoms with Crippen LogP contribution in [0.4, 0.5) is 9.18 Å². The van der Waals surface area contributed by atoms with Crippen LogP contribution in [0.5, 0.6) is 0 Å². The van der Waals surface area contributed by atoms with E-state index in [0.29, 0.717) is 9.90 Å². The molecule has 1 aliphatic heterocycles. The molecule has 3 amide bonds. The molecule has 0 bridgehead atoms. The molecule has 1 saturated heterocycles. The number of nitrogens with one attached hydrogen (secondary N) is 1. The van der Waals surface area contributed by atoms with Crippen molar-refractivity contribution in [2.24, 2.45) is 0 Å². The first-order valence-electron chi connectivity index (χ1n) is 6.65. The Hall–Kier alpha value is -1.63. The second-order valence-corrected chi connectivity index (χ2v) is 7.48. The fourth-order valence-electron chi connectivity index (χ4n) is 2.51. The highest BCUT2D eigenvalue weighted by Gasteiger charge is 2.49. The number of amides is 3. The third kappa shape index (κ3) is 2.82. The Morgan fingerprint density at radius 1 is 1.26 bits per heavy atom. The summed E-state index contributed by atoms with van der Waals surface area (Å²) in [5, 5.41) is 2.72. The summed E-state index contributed by atoms with van der Waals surface area (Å²) in [4.78, 5) is 26.8. The average Bonchev–Trinajstić information content (AvgIpc) is 2.96. The molecule has 0 saturated carbocycles. The Kier molecular flexibility index (Phi) is 4.08. The van der Waals surface area contributed by atoms with Crippen LogP contribution in [0.3, 0.4) is 0 Å². The lowest BCUT2D eigenvalue weighted by atomic mass is 9.92. The fourth-order valence-corrected chi connectivity index (χ4v) is 3.94. The lowest BCUT2D eigenvalue weighted by Gasteiger charge is -2.23. The summed E-state index contributed by atoms with van der Waals surface area (Å²) in [5.41, 5.74) is -0.978. The number of carbonyl (C=O) groups excluding carboxylic acids is 2. The van der Waals surface area contributed by atoms with Crippen molar-refractivity contribution in [2.75, 3.05) is 0 Å². The number of nitrogens with zero attached hydrogens (tertiary/aromatic N) is 1. The second kappa shape index (κ2) is 5.78. The molecule has 23 heavy (non-hydrogen) atoms. The Morgan fingerprint density at radius 2 is 2.00 bits per heavy atom. The fraction of sp³-hybridized carbons (Fsp3) is 0.200. The summed E-state index contributed by atoms with van der Waals surface area (Å²) in [6, 6.07) is 6.66. The third-order valence-electron chi connectivity index (χ3n) is 3.69. The van der Waals surface area contributed by atoms with E-state index >= 15 is 0 Å². The molecule has 0 aliphatic carbocycles. The highest BCUT2D eigenvalue weighted by atomic mass is 35.5.